The topological polar surface area (TPSA) is 78.3 Å². The zero-order chi connectivity index (χ0) is 17.3. The largest absolute Gasteiger partial charge is 0.467 e. The number of H-pyrrole nitrogens is 1. The molecule has 0 spiro atoms. The number of nitrogens with one attached hydrogen (secondary N) is 2. The first-order chi connectivity index (χ1) is 11.4. The third-order valence-corrected chi connectivity index (χ3v) is 3.98. The molecule has 0 radical (unpaired) electrons. The number of aliphatic hydroxyl groups is 1. The van der Waals surface area contributed by atoms with E-state index in [9.17, 15) is 14.3 Å². The predicted molar refractivity (Wildman–Crippen MR) is 88.2 cm³/mol. The molecule has 24 heavy (non-hydrogen) atoms. The number of carbonyl (C=O) groups is 1. The quantitative estimate of drug-likeness (QED) is 0.670. The first kappa shape index (κ1) is 16.3. The monoisotopic (exact) mass is 330 g/mol. The summed E-state index contributed by atoms with van der Waals surface area (Å²) >= 11 is 0. The molecule has 2 atom stereocenters. The van der Waals surface area contributed by atoms with Crippen molar-refractivity contribution in [3.63, 3.8) is 0 Å². The van der Waals surface area contributed by atoms with Gasteiger partial charge in [-0.2, -0.15) is 0 Å². The number of hydrogen-bond acceptors (Lipinski definition) is 3. The first-order valence-corrected chi connectivity index (χ1v) is 7.75. The van der Waals surface area contributed by atoms with E-state index in [1.54, 1.807) is 32.0 Å². The molecule has 0 aliphatic rings. The second kappa shape index (κ2) is 6.49. The molecule has 3 rings (SSSR count). The number of aromatic nitrogens is 1. The first-order valence-electron chi connectivity index (χ1n) is 7.75. The van der Waals surface area contributed by atoms with Gasteiger partial charge in [0.05, 0.1) is 6.26 Å². The average molecular weight is 330 g/mol. The van der Waals surface area contributed by atoms with Crippen LogP contribution in [0.2, 0.25) is 0 Å². The fourth-order valence-electron chi connectivity index (χ4n) is 2.79. The van der Waals surface area contributed by atoms with Gasteiger partial charge in [-0.05, 0) is 49.7 Å². The van der Waals surface area contributed by atoms with Gasteiger partial charge in [0.25, 0.3) is 5.91 Å². The molecule has 2 unspecified atom stereocenters. The number of aliphatic hydroxyl groups excluding tert-OH is 1. The van der Waals surface area contributed by atoms with Gasteiger partial charge in [0.1, 0.15) is 23.4 Å². The highest BCUT2D eigenvalue weighted by molar-refractivity contribution is 5.98. The third kappa shape index (κ3) is 3.33. The maximum absolute atomic E-state index is 13.4. The number of amides is 1. The zero-order valence-electron chi connectivity index (χ0n) is 13.5. The minimum absolute atomic E-state index is 0.262. The van der Waals surface area contributed by atoms with E-state index in [-0.39, 0.29) is 17.8 Å². The molecule has 126 valence electrons. The molecule has 0 aliphatic heterocycles. The van der Waals surface area contributed by atoms with Crippen LogP contribution in [0.1, 0.15) is 41.3 Å². The van der Waals surface area contributed by atoms with Crippen LogP contribution in [-0.2, 0) is 0 Å². The summed E-state index contributed by atoms with van der Waals surface area (Å²) in [7, 11) is 0. The van der Waals surface area contributed by atoms with Crippen molar-refractivity contribution in [1.29, 1.82) is 0 Å². The number of hydrogen-bond donors (Lipinski definition) is 3. The molecular formula is C18H19FN2O3. The highest BCUT2D eigenvalue weighted by Gasteiger charge is 2.18. The van der Waals surface area contributed by atoms with Gasteiger partial charge < -0.3 is 19.8 Å². The number of furan rings is 1. The van der Waals surface area contributed by atoms with Crippen molar-refractivity contribution in [2.75, 3.05) is 0 Å². The van der Waals surface area contributed by atoms with Crippen molar-refractivity contribution in [1.82, 2.24) is 10.3 Å². The SMILES string of the molecule is Cc1cc(F)cc2[nH]c(C(=O)NC(C)CC(O)c3ccco3)cc12. The van der Waals surface area contributed by atoms with Crippen LogP contribution < -0.4 is 5.32 Å². The Kier molecular flexibility index (Phi) is 4.40. The van der Waals surface area contributed by atoms with Crippen molar-refractivity contribution >= 4 is 16.8 Å². The molecule has 5 nitrogen and oxygen atoms in total. The standard InChI is InChI=1S/C18H19FN2O3/c1-10-6-12(19)8-14-13(10)9-15(21-14)18(23)20-11(2)7-16(22)17-4-3-5-24-17/h3-6,8-9,11,16,21-22H,7H2,1-2H3,(H,20,23). The number of aromatic amines is 1. The molecule has 2 aromatic heterocycles. The number of rotatable bonds is 5. The number of carbonyl (C=O) groups excluding carboxylic acids is 1. The lowest BCUT2D eigenvalue weighted by atomic mass is 10.1. The lowest BCUT2D eigenvalue weighted by Gasteiger charge is -2.16. The predicted octanol–water partition coefficient (Wildman–Crippen LogP) is 3.45. The smallest absolute Gasteiger partial charge is 0.267 e. The van der Waals surface area contributed by atoms with Crippen LogP contribution in [0.15, 0.2) is 41.0 Å². The maximum atomic E-state index is 13.4. The van der Waals surface area contributed by atoms with Crippen LogP contribution in [0.25, 0.3) is 10.9 Å². The van der Waals surface area contributed by atoms with Crippen LogP contribution in [0, 0.1) is 12.7 Å². The Hall–Kier alpha value is -2.60. The normalized spacial score (nSPS) is 13.8. The minimum atomic E-state index is -0.783. The molecule has 0 fully saturated rings. The molecule has 1 aromatic carbocycles. The van der Waals surface area contributed by atoms with E-state index in [0.717, 1.165) is 10.9 Å². The minimum Gasteiger partial charge on any atom is -0.467 e. The Morgan fingerprint density at radius 2 is 2.21 bits per heavy atom. The molecule has 3 N–H and O–H groups in total. The van der Waals surface area contributed by atoms with E-state index in [2.05, 4.69) is 10.3 Å². The Labute approximate surface area is 138 Å². The van der Waals surface area contributed by atoms with Crippen LogP contribution in [0.5, 0.6) is 0 Å². The molecule has 0 saturated carbocycles. The van der Waals surface area contributed by atoms with Crippen LogP contribution >= 0.6 is 0 Å². The summed E-state index contributed by atoms with van der Waals surface area (Å²) in [6.45, 7) is 3.60. The highest BCUT2D eigenvalue weighted by atomic mass is 19.1. The lowest BCUT2D eigenvalue weighted by molar-refractivity contribution is 0.0899. The average Bonchev–Trinajstić information content (AvgIpc) is 3.16. The van der Waals surface area contributed by atoms with Gasteiger partial charge in [-0.15, -0.1) is 0 Å². The fraction of sp³-hybridized carbons (Fsp3) is 0.278. The maximum Gasteiger partial charge on any atom is 0.267 e. The van der Waals surface area contributed by atoms with Crippen molar-refractivity contribution in [3.8, 4) is 0 Å². The second-order valence-corrected chi connectivity index (χ2v) is 6.01. The van der Waals surface area contributed by atoms with E-state index in [1.165, 1.54) is 18.4 Å². The molecule has 1 amide bonds. The number of halogens is 1. The van der Waals surface area contributed by atoms with Gasteiger partial charge in [0.15, 0.2) is 0 Å². The number of fused-ring (bicyclic) bond motifs is 1. The van der Waals surface area contributed by atoms with E-state index in [4.69, 9.17) is 4.42 Å². The van der Waals surface area contributed by atoms with Gasteiger partial charge in [-0.1, -0.05) is 0 Å². The van der Waals surface area contributed by atoms with Crippen molar-refractivity contribution in [2.45, 2.75) is 32.4 Å². The van der Waals surface area contributed by atoms with Gasteiger partial charge in [0, 0.05) is 23.4 Å². The molecular weight excluding hydrogens is 311 g/mol. The third-order valence-electron chi connectivity index (χ3n) is 3.98. The van der Waals surface area contributed by atoms with Crippen molar-refractivity contribution < 1.29 is 18.7 Å². The summed E-state index contributed by atoms with van der Waals surface area (Å²) in [5, 5.41) is 13.7. The summed E-state index contributed by atoms with van der Waals surface area (Å²) in [4.78, 5) is 15.3. The van der Waals surface area contributed by atoms with Gasteiger partial charge in [-0.3, -0.25) is 4.79 Å². The molecule has 6 heteroatoms. The number of aryl methyl sites for hydroxylation is 1. The number of benzene rings is 1. The van der Waals surface area contributed by atoms with Gasteiger partial charge in [0.2, 0.25) is 0 Å². The summed E-state index contributed by atoms with van der Waals surface area (Å²) in [5.41, 5.74) is 1.71. The van der Waals surface area contributed by atoms with Crippen LogP contribution in [-0.4, -0.2) is 22.0 Å². The lowest BCUT2D eigenvalue weighted by Crippen LogP contribution is -2.33. The highest BCUT2D eigenvalue weighted by Crippen LogP contribution is 2.22. The van der Waals surface area contributed by atoms with Crippen molar-refractivity contribution in [2.24, 2.45) is 0 Å². The Balaban J connectivity index is 1.69. The van der Waals surface area contributed by atoms with E-state index >= 15 is 0 Å². The molecule has 3 aromatic rings. The van der Waals surface area contributed by atoms with E-state index in [0.29, 0.717) is 23.4 Å². The van der Waals surface area contributed by atoms with Crippen LogP contribution in [0.4, 0.5) is 4.39 Å². The zero-order valence-corrected chi connectivity index (χ0v) is 13.5. The molecule has 0 bridgehead atoms. The van der Waals surface area contributed by atoms with Gasteiger partial charge in [-0.25, -0.2) is 4.39 Å². The second-order valence-electron chi connectivity index (χ2n) is 6.01. The fourth-order valence-corrected chi connectivity index (χ4v) is 2.79. The molecule has 2 heterocycles. The Morgan fingerprint density at radius 3 is 2.92 bits per heavy atom. The Bertz CT molecular complexity index is 855. The molecule has 0 aliphatic carbocycles. The summed E-state index contributed by atoms with van der Waals surface area (Å²) in [6.07, 6.45) is 1.04. The summed E-state index contributed by atoms with van der Waals surface area (Å²) in [5.74, 6) is -0.179. The van der Waals surface area contributed by atoms with Crippen LogP contribution in [0.3, 0.4) is 0 Å². The summed E-state index contributed by atoms with van der Waals surface area (Å²) < 4.78 is 18.6. The van der Waals surface area contributed by atoms with E-state index in [1.807, 2.05) is 0 Å². The van der Waals surface area contributed by atoms with Gasteiger partial charge >= 0.3 is 0 Å². The van der Waals surface area contributed by atoms with E-state index < -0.39 is 6.10 Å². The van der Waals surface area contributed by atoms with Crippen molar-refractivity contribution in [3.05, 3.63) is 59.4 Å². The molecule has 0 saturated heterocycles. The Morgan fingerprint density at radius 1 is 1.42 bits per heavy atom. The summed E-state index contributed by atoms with van der Waals surface area (Å²) in [6, 6.07) is 7.63.